The Labute approximate surface area is 176 Å². The predicted octanol–water partition coefficient (Wildman–Crippen LogP) is 0.349. The first-order valence-electron chi connectivity index (χ1n) is 9.57. The molecule has 164 valence electrons. The fraction of sp³-hybridized carbons (Fsp3) is 0.333. The minimum absolute atomic E-state index is 0.0103. The third-order valence-electron chi connectivity index (χ3n) is 5.42. The summed E-state index contributed by atoms with van der Waals surface area (Å²) in [5.41, 5.74) is 6.08. The third-order valence-corrected chi connectivity index (χ3v) is 5.42. The molecule has 10 nitrogen and oxygen atoms in total. The average Bonchev–Trinajstić information content (AvgIpc) is 3.09. The molecule has 0 spiro atoms. The molecule has 1 saturated heterocycles. The van der Waals surface area contributed by atoms with Crippen LogP contribution >= 0.6 is 0 Å². The molecule has 1 aliphatic heterocycles. The van der Waals surface area contributed by atoms with Gasteiger partial charge in [-0.25, -0.2) is 14.4 Å². The lowest BCUT2D eigenvalue weighted by Crippen LogP contribution is -2.61. The number of carbonyl (C=O) groups excluding carboxylic acids is 1. The Hall–Kier alpha value is -3.02. The van der Waals surface area contributed by atoms with Crippen LogP contribution in [0.1, 0.15) is 17.0 Å². The number of fused-ring (bicyclic) bond motifs is 3. The highest BCUT2D eigenvalue weighted by atomic mass is 16.8. The lowest BCUT2D eigenvalue weighted by molar-refractivity contribution is -0.305. The molecule has 2 aliphatic rings. The monoisotopic (exact) mass is 431 g/mol. The first kappa shape index (κ1) is 21.2. The van der Waals surface area contributed by atoms with Crippen LogP contribution in [0.25, 0.3) is 11.1 Å². The van der Waals surface area contributed by atoms with Gasteiger partial charge in [0.05, 0.1) is 0 Å². The minimum atomic E-state index is -1.86. The van der Waals surface area contributed by atoms with Crippen molar-refractivity contribution in [3.05, 3.63) is 59.7 Å². The summed E-state index contributed by atoms with van der Waals surface area (Å²) < 4.78 is 10.2. The first-order chi connectivity index (χ1) is 14.9. The Morgan fingerprint density at radius 3 is 2.06 bits per heavy atom. The molecular weight excluding hydrogens is 410 g/mol. The van der Waals surface area contributed by atoms with Crippen molar-refractivity contribution in [1.29, 1.82) is 0 Å². The number of aliphatic carboxylic acids is 1. The Bertz CT molecular complexity index is 935. The topological polar surface area (TPSA) is 155 Å². The van der Waals surface area contributed by atoms with Crippen LogP contribution in [-0.4, -0.2) is 69.8 Å². The molecule has 1 fully saturated rings. The van der Waals surface area contributed by atoms with Crippen LogP contribution in [0.4, 0.5) is 4.79 Å². The number of ether oxygens (including phenoxy) is 2. The zero-order valence-corrected chi connectivity index (χ0v) is 16.1. The number of aliphatic hydroxyl groups excluding tert-OH is 3. The van der Waals surface area contributed by atoms with E-state index in [4.69, 9.17) is 19.4 Å². The van der Waals surface area contributed by atoms with Gasteiger partial charge < -0.3 is 29.9 Å². The summed E-state index contributed by atoms with van der Waals surface area (Å²) in [6, 6.07) is 15.6. The largest absolute Gasteiger partial charge is 0.479 e. The van der Waals surface area contributed by atoms with E-state index in [2.05, 4.69) is 0 Å². The van der Waals surface area contributed by atoms with E-state index in [1.165, 1.54) is 0 Å². The van der Waals surface area contributed by atoms with Gasteiger partial charge in [-0.05, 0) is 22.3 Å². The zero-order valence-electron chi connectivity index (χ0n) is 16.1. The van der Waals surface area contributed by atoms with Gasteiger partial charge in [0.2, 0.25) is 6.29 Å². The number of hydroxylamine groups is 1. The maximum atomic E-state index is 12.1. The molecule has 4 rings (SSSR count). The van der Waals surface area contributed by atoms with Gasteiger partial charge in [-0.1, -0.05) is 48.5 Å². The van der Waals surface area contributed by atoms with Crippen molar-refractivity contribution in [2.75, 3.05) is 6.61 Å². The van der Waals surface area contributed by atoms with E-state index in [9.17, 15) is 24.9 Å². The predicted molar refractivity (Wildman–Crippen MR) is 104 cm³/mol. The van der Waals surface area contributed by atoms with Gasteiger partial charge in [0, 0.05) is 5.92 Å². The van der Waals surface area contributed by atoms with Crippen molar-refractivity contribution in [1.82, 2.24) is 5.48 Å². The molecule has 2 aromatic carbocycles. The molecule has 0 saturated carbocycles. The van der Waals surface area contributed by atoms with Gasteiger partial charge in [-0.2, -0.15) is 5.48 Å². The van der Waals surface area contributed by atoms with Crippen LogP contribution < -0.4 is 5.48 Å². The number of hydrogen-bond acceptors (Lipinski definition) is 8. The van der Waals surface area contributed by atoms with Crippen molar-refractivity contribution in [2.45, 2.75) is 36.6 Å². The molecule has 0 aromatic heterocycles. The molecule has 5 N–H and O–H groups in total. The number of amides is 1. The summed E-state index contributed by atoms with van der Waals surface area (Å²) in [4.78, 5) is 28.1. The number of rotatable bonds is 5. The molecule has 2 aromatic rings. The normalized spacial score (nSPS) is 27.3. The standard InChI is InChI=1S/C21H21NO9/c23-15-16(24)18(19(26)27)30-20(17(15)25)31-22-21(28)29-9-14-12-7-3-1-5-10(12)11-6-2-4-8-13(11)14/h1-8,14-18,20,23-25H,9H2,(H,22,28)(H,26,27)/t15-,16-,17+,18-,20-/m0/s1. The van der Waals surface area contributed by atoms with Crippen molar-refractivity contribution in [3.8, 4) is 11.1 Å². The summed E-state index contributed by atoms with van der Waals surface area (Å²) in [5, 5.41) is 38.3. The Morgan fingerprint density at radius 2 is 1.48 bits per heavy atom. The third kappa shape index (κ3) is 3.99. The summed E-state index contributed by atoms with van der Waals surface area (Å²) in [7, 11) is 0. The van der Waals surface area contributed by atoms with Crippen LogP contribution in [0.5, 0.6) is 0 Å². The van der Waals surface area contributed by atoms with Crippen LogP contribution in [0.15, 0.2) is 48.5 Å². The zero-order chi connectivity index (χ0) is 22.1. The highest BCUT2D eigenvalue weighted by Crippen LogP contribution is 2.44. The van der Waals surface area contributed by atoms with E-state index in [1.54, 1.807) is 0 Å². The van der Waals surface area contributed by atoms with E-state index >= 15 is 0 Å². The summed E-state index contributed by atoms with van der Waals surface area (Å²) >= 11 is 0. The van der Waals surface area contributed by atoms with E-state index in [-0.39, 0.29) is 12.5 Å². The average molecular weight is 431 g/mol. The molecule has 0 radical (unpaired) electrons. The molecule has 31 heavy (non-hydrogen) atoms. The SMILES string of the molecule is O=C(NO[C@@H]1O[C@H](C(=O)O)[C@@H](O)[C@H](O)[C@H]1O)OCC1c2ccccc2-c2ccccc21. The van der Waals surface area contributed by atoms with E-state index in [0.29, 0.717) is 0 Å². The van der Waals surface area contributed by atoms with Crippen molar-refractivity contribution in [3.63, 3.8) is 0 Å². The highest BCUT2D eigenvalue weighted by Gasteiger charge is 2.48. The second-order valence-corrected chi connectivity index (χ2v) is 7.28. The quantitative estimate of drug-likeness (QED) is 0.422. The number of carbonyl (C=O) groups is 2. The van der Waals surface area contributed by atoms with Crippen LogP contribution in [0.3, 0.4) is 0 Å². The number of benzene rings is 2. The Kier molecular flexibility index (Phi) is 5.90. The summed E-state index contributed by atoms with van der Waals surface area (Å²) in [6.45, 7) is 0.0103. The fourth-order valence-electron chi connectivity index (χ4n) is 3.88. The van der Waals surface area contributed by atoms with Crippen LogP contribution in [-0.2, 0) is 19.1 Å². The summed E-state index contributed by atoms with van der Waals surface area (Å²) in [6.07, 6.45) is -10.1. The van der Waals surface area contributed by atoms with E-state index < -0.39 is 42.8 Å². The lowest BCUT2D eigenvalue weighted by Gasteiger charge is -2.37. The second kappa shape index (κ2) is 8.61. The Morgan fingerprint density at radius 1 is 0.903 bits per heavy atom. The molecule has 5 atom stereocenters. The van der Waals surface area contributed by atoms with Crippen LogP contribution in [0, 0.1) is 0 Å². The van der Waals surface area contributed by atoms with Gasteiger partial charge in [0.1, 0.15) is 24.9 Å². The molecular formula is C21H21NO9. The van der Waals surface area contributed by atoms with E-state index in [1.807, 2.05) is 54.0 Å². The number of carboxylic acids is 1. The van der Waals surface area contributed by atoms with Crippen molar-refractivity contribution >= 4 is 12.1 Å². The highest BCUT2D eigenvalue weighted by molar-refractivity contribution is 5.79. The molecule has 0 unspecified atom stereocenters. The molecule has 1 heterocycles. The summed E-state index contributed by atoms with van der Waals surface area (Å²) in [5.74, 6) is -1.74. The van der Waals surface area contributed by atoms with Crippen molar-refractivity contribution in [2.24, 2.45) is 0 Å². The number of nitrogens with one attached hydrogen (secondary N) is 1. The lowest BCUT2D eigenvalue weighted by atomic mass is 9.98. The maximum absolute atomic E-state index is 12.1. The van der Waals surface area contributed by atoms with Gasteiger partial charge in [-0.15, -0.1) is 0 Å². The first-order valence-corrected chi connectivity index (χ1v) is 9.57. The maximum Gasteiger partial charge on any atom is 0.431 e. The van der Waals surface area contributed by atoms with Crippen molar-refractivity contribution < 1.29 is 44.3 Å². The molecule has 1 aliphatic carbocycles. The molecule has 1 amide bonds. The van der Waals surface area contributed by atoms with Gasteiger partial charge in [0.15, 0.2) is 6.10 Å². The minimum Gasteiger partial charge on any atom is -0.479 e. The van der Waals surface area contributed by atoms with Gasteiger partial charge >= 0.3 is 12.1 Å². The van der Waals surface area contributed by atoms with E-state index in [0.717, 1.165) is 22.3 Å². The number of aliphatic hydroxyl groups is 3. The van der Waals surface area contributed by atoms with Gasteiger partial charge in [-0.3, -0.25) is 0 Å². The second-order valence-electron chi connectivity index (χ2n) is 7.28. The Balaban J connectivity index is 1.37. The number of hydrogen-bond donors (Lipinski definition) is 5. The molecule has 0 bridgehead atoms. The number of carboxylic acid groups (broad SMARTS) is 1. The van der Waals surface area contributed by atoms with Crippen LogP contribution in [0.2, 0.25) is 0 Å². The molecule has 10 heteroatoms. The fourth-order valence-corrected chi connectivity index (χ4v) is 3.88. The van der Waals surface area contributed by atoms with Gasteiger partial charge in [0.25, 0.3) is 0 Å². The smallest absolute Gasteiger partial charge is 0.431 e.